The van der Waals surface area contributed by atoms with Gasteiger partial charge in [0.25, 0.3) is 5.91 Å². The number of amides is 1. The molecule has 0 radical (unpaired) electrons. The van der Waals surface area contributed by atoms with Crippen LogP contribution in [0.25, 0.3) is 0 Å². The van der Waals surface area contributed by atoms with E-state index in [1.54, 1.807) is 0 Å². The second-order valence-electron chi connectivity index (χ2n) is 5.42. The van der Waals surface area contributed by atoms with Gasteiger partial charge in [-0.1, -0.05) is 19.8 Å². The summed E-state index contributed by atoms with van der Waals surface area (Å²) in [7, 11) is 0. The minimum atomic E-state index is -0.0336. The molecule has 1 atom stereocenters. The average Bonchev–Trinajstić information content (AvgIpc) is 2.66. The largest absolute Gasteiger partial charge is 0.394 e. The van der Waals surface area contributed by atoms with Crippen LogP contribution in [0.15, 0.2) is 16.7 Å². The van der Waals surface area contributed by atoms with E-state index in [2.05, 4.69) is 22.9 Å². The van der Waals surface area contributed by atoms with Crippen LogP contribution < -0.4 is 0 Å². The number of carbonyl (C=O) groups excluding carboxylic acids is 1. The van der Waals surface area contributed by atoms with Crippen molar-refractivity contribution in [1.82, 2.24) is 9.47 Å². The number of likely N-dealkylation sites (tertiary alicyclic amines) is 1. The van der Waals surface area contributed by atoms with Gasteiger partial charge in [-0.15, -0.1) is 0 Å². The predicted molar refractivity (Wildman–Crippen MR) is 82.8 cm³/mol. The van der Waals surface area contributed by atoms with E-state index >= 15 is 0 Å². The molecular weight excluding hydrogens is 320 g/mol. The molecule has 2 heterocycles. The Labute approximate surface area is 128 Å². The SMILES string of the molecule is CCCn1cc(Br)cc1C(=O)N1CCCCCC1CO. The van der Waals surface area contributed by atoms with Crippen LogP contribution in [0.5, 0.6) is 0 Å². The summed E-state index contributed by atoms with van der Waals surface area (Å²) >= 11 is 3.45. The molecule has 0 spiro atoms. The highest BCUT2D eigenvalue weighted by molar-refractivity contribution is 9.10. The summed E-state index contributed by atoms with van der Waals surface area (Å²) in [6, 6.07) is 1.85. The van der Waals surface area contributed by atoms with Crippen molar-refractivity contribution in [2.75, 3.05) is 13.2 Å². The average molecular weight is 343 g/mol. The van der Waals surface area contributed by atoms with Crippen LogP contribution >= 0.6 is 15.9 Å². The lowest BCUT2D eigenvalue weighted by Gasteiger charge is -2.29. The number of halogens is 1. The first-order valence-electron chi connectivity index (χ1n) is 7.45. The van der Waals surface area contributed by atoms with Crippen molar-refractivity contribution in [3.05, 3.63) is 22.4 Å². The van der Waals surface area contributed by atoms with Crippen LogP contribution in [0.4, 0.5) is 0 Å². The molecule has 5 heteroatoms. The number of hydrogen-bond donors (Lipinski definition) is 1. The van der Waals surface area contributed by atoms with Crippen molar-refractivity contribution in [3.8, 4) is 0 Å². The fraction of sp³-hybridized carbons (Fsp3) is 0.667. The first-order valence-corrected chi connectivity index (χ1v) is 8.24. The molecule has 20 heavy (non-hydrogen) atoms. The third-order valence-electron chi connectivity index (χ3n) is 3.90. The lowest BCUT2D eigenvalue weighted by molar-refractivity contribution is 0.0589. The van der Waals surface area contributed by atoms with E-state index in [1.807, 2.05) is 21.7 Å². The molecular formula is C15H23BrN2O2. The van der Waals surface area contributed by atoms with Gasteiger partial charge in [-0.05, 0) is 41.3 Å². The Morgan fingerprint density at radius 1 is 1.45 bits per heavy atom. The molecule has 1 unspecified atom stereocenters. The normalized spacial score (nSPS) is 19.9. The summed E-state index contributed by atoms with van der Waals surface area (Å²) < 4.78 is 2.94. The summed E-state index contributed by atoms with van der Waals surface area (Å²) in [5, 5.41) is 9.55. The highest BCUT2D eigenvalue weighted by atomic mass is 79.9. The molecule has 1 aliphatic rings. The van der Waals surface area contributed by atoms with E-state index in [4.69, 9.17) is 0 Å². The highest BCUT2D eigenvalue weighted by Gasteiger charge is 2.27. The highest BCUT2D eigenvalue weighted by Crippen LogP contribution is 2.22. The second-order valence-corrected chi connectivity index (χ2v) is 6.34. The third kappa shape index (κ3) is 3.44. The predicted octanol–water partition coefficient (Wildman–Crippen LogP) is 3.04. The number of aliphatic hydroxyl groups excluding tert-OH is 1. The Bertz CT molecular complexity index is 459. The molecule has 1 aromatic rings. The third-order valence-corrected chi connectivity index (χ3v) is 4.33. The van der Waals surface area contributed by atoms with Gasteiger partial charge in [0.2, 0.25) is 0 Å². The summed E-state index contributed by atoms with van der Waals surface area (Å²) in [6.07, 6.45) is 7.11. The van der Waals surface area contributed by atoms with E-state index in [0.29, 0.717) is 0 Å². The standard InChI is InChI=1S/C15H23BrN2O2/c1-2-7-17-10-12(16)9-14(17)15(20)18-8-5-3-4-6-13(18)11-19/h9-10,13,19H,2-8,11H2,1H3. The number of aryl methyl sites for hydroxylation is 1. The van der Waals surface area contributed by atoms with E-state index in [9.17, 15) is 9.90 Å². The van der Waals surface area contributed by atoms with Gasteiger partial charge in [0, 0.05) is 23.8 Å². The number of carbonyl (C=O) groups is 1. The minimum absolute atomic E-state index is 0.0336. The van der Waals surface area contributed by atoms with Gasteiger partial charge in [0.05, 0.1) is 12.6 Å². The van der Waals surface area contributed by atoms with Gasteiger partial charge < -0.3 is 14.6 Å². The lowest BCUT2D eigenvalue weighted by atomic mass is 10.1. The van der Waals surface area contributed by atoms with E-state index in [0.717, 1.165) is 55.4 Å². The molecule has 4 nitrogen and oxygen atoms in total. The molecule has 1 amide bonds. The smallest absolute Gasteiger partial charge is 0.270 e. The number of aromatic nitrogens is 1. The number of rotatable bonds is 4. The topological polar surface area (TPSA) is 45.5 Å². The van der Waals surface area contributed by atoms with Crippen LogP contribution in [0.2, 0.25) is 0 Å². The van der Waals surface area contributed by atoms with Gasteiger partial charge >= 0.3 is 0 Å². The molecule has 0 saturated carbocycles. The van der Waals surface area contributed by atoms with Crippen molar-refractivity contribution in [3.63, 3.8) is 0 Å². The first kappa shape index (κ1) is 15.6. The molecule has 1 fully saturated rings. The molecule has 0 bridgehead atoms. The molecule has 112 valence electrons. The molecule has 1 saturated heterocycles. The van der Waals surface area contributed by atoms with Crippen LogP contribution in [-0.4, -0.2) is 39.7 Å². The van der Waals surface area contributed by atoms with E-state index in [-0.39, 0.29) is 18.6 Å². The van der Waals surface area contributed by atoms with Gasteiger partial charge in [0.1, 0.15) is 5.69 Å². The van der Waals surface area contributed by atoms with Crippen LogP contribution in [0, 0.1) is 0 Å². The Kier molecular flexibility index (Phi) is 5.66. The van der Waals surface area contributed by atoms with Crippen molar-refractivity contribution < 1.29 is 9.90 Å². The van der Waals surface area contributed by atoms with Gasteiger partial charge in [0.15, 0.2) is 0 Å². The number of aliphatic hydroxyl groups is 1. The quantitative estimate of drug-likeness (QED) is 0.913. The van der Waals surface area contributed by atoms with Crippen LogP contribution in [-0.2, 0) is 6.54 Å². The maximum absolute atomic E-state index is 12.8. The molecule has 1 aliphatic heterocycles. The Morgan fingerprint density at radius 3 is 2.95 bits per heavy atom. The zero-order valence-electron chi connectivity index (χ0n) is 12.0. The Balaban J connectivity index is 2.24. The van der Waals surface area contributed by atoms with Crippen molar-refractivity contribution in [2.45, 2.75) is 51.6 Å². The number of nitrogens with zero attached hydrogens (tertiary/aromatic N) is 2. The zero-order chi connectivity index (χ0) is 14.5. The van der Waals surface area contributed by atoms with Crippen molar-refractivity contribution >= 4 is 21.8 Å². The van der Waals surface area contributed by atoms with Crippen LogP contribution in [0.3, 0.4) is 0 Å². The maximum Gasteiger partial charge on any atom is 0.270 e. The van der Waals surface area contributed by atoms with Gasteiger partial charge in [-0.2, -0.15) is 0 Å². The molecule has 1 aromatic heterocycles. The maximum atomic E-state index is 12.8. The summed E-state index contributed by atoms with van der Waals surface area (Å²) in [5.74, 6) is 0.0464. The Hall–Kier alpha value is -0.810. The van der Waals surface area contributed by atoms with Crippen LogP contribution in [0.1, 0.15) is 49.5 Å². The monoisotopic (exact) mass is 342 g/mol. The van der Waals surface area contributed by atoms with E-state index in [1.165, 1.54) is 0 Å². The molecule has 0 aliphatic carbocycles. The van der Waals surface area contributed by atoms with Gasteiger partial charge in [-0.25, -0.2) is 0 Å². The van der Waals surface area contributed by atoms with Gasteiger partial charge in [-0.3, -0.25) is 4.79 Å². The summed E-state index contributed by atoms with van der Waals surface area (Å²) in [4.78, 5) is 14.7. The van der Waals surface area contributed by atoms with E-state index < -0.39 is 0 Å². The van der Waals surface area contributed by atoms with Crippen molar-refractivity contribution in [1.29, 1.82) is 0 Å². The zero-order valence-corrected chi connectivity index (χ0v) is 13.6. The summed E-state index contributed by atoms with van der Waals surface area (Å²) in [6.45, 7) is 3.75. The molecule has 0 aromatic carbocycles. The Morgan fingerprint density at radius 2 is 2.25 bits per heavy atom. The second kappa shape index (κ2) is 7.27. The fourth-order valence-electron chi connectivity index (χ4n) is 2.86. The lowest BCUT2D eigenvalue weighted by Crippen LogP contribution is -2.42. The minimum Gasteiger partial charge on any atom is -0.394 e. The fourth-order valence-corrected chi connectivity index (χ4v) is 3.33. The number of hydrogen-bond acceptors (Lipinski definition) is 2. The summed E-state index contributed by atoms with van der Waals surface area (Å²) in [5.41, 5.74) is 0.721. The first-order chi connectivity index (χ1) is 9.67. The molecule has 2 rings (SSSR count). The molecule has 1 N–H and O–H groups in total. The van der Waals surface area contributed by atoms with Crippen molar-refractivity contribution in [2.24, 2.45) is 0 Å².